The number of hydrogen-bond donors (Lipinski definition) is 6. The van der Waals surface area contributed by atoms with Crippen molar-refractivity contribution in [1.82, 2.24) is 0 Å². The summed E-state index contributed by atoms with van der Waals surface area (Å²) in [4.78, 5) is 27.1. The van der Waals surface area contributed by atoms with Gasteiger partial charge in [-0.05, 0) is 18.8 Å². The maximum absolute atomic E-state index is 13.7. The Morgan fingerprint density at radius 2 is 0.851 bits per heavy atom. The minimum absolute atomic E-state index is 0.0502. The Balaban J connectivity index is 1.85. The summed E-state index contributed by atoms with van der Waals surface area (Å²) < 4.78 is 29.1. The van der Waals surface area contributed by atoms with Crippen molar-refractivity contribution in [3.05, 3.63) is 0 Å². The third-order valence-electron chi connectivity index (χ3n) is 14.1. The highest BCUT2D eigenvalue weighted by molar-refractivity contribution is 5.72. The molecule has 0 saturated carbocycles. The fourth-order valence-corrected chi connectivity index (χ4v) is 9.68. The Morgan fingerprint density at radius 3 is 1.28 bits per heavy atom. The lowest BCUT2D eigenvalue weighted by atomic mass is 9.92. The number of aliphatic hydroxyl groups is 6. The number of ether oxygens (including phenoxy) is 5. The highest BCUT2D eigenvalue weighted by atomic mass is 16.8. The van der Waals surface area contributed by atoms with Crippen molar-refractivity contribution in [3.63, 3.8) is 0 Å². The van der Waals surface area contributed by atoms with E-state index < -0.39 is 92.5 Å². The zero-order valence-corrected chi connectivity index (χ0v) is 42.9. The first-order chi connectivity index (χ1) is 32.5. The maximum Gasteiger partial charge on any atom is 0.309 e. The summed E-state index contributed by atoms with van der Waals surface area (Å²) in [5.74, 6) is -1.57. The second-order valence-corrected chi connectivity index (χ2v) is 20.4. The normalized spacial score (nSPS) is 26.4. The summed E-state index contributed by atoms with van der Waals surface area (Å²) in [6, 6.07) is 0. The Kier molecular flexibility index (Phi) is 36.1. The first-order valence-corrected chi connectivity index (χ1v) is 27.8. The van der Waals surface area contributed by atoms with Crippen LogP contribution in [0.1, 0.15) is 246 Å². The van der Waals surface area contributed by atoms with Crippen molar-refractivity contribution in [1.29, 1.82) is 0 Å². The summed E-state index contributed by atoms with van der Waals surface area (Å²) in [6.07, 6.45) is 24.4. The van der Waals surface area contributed by atoms with E-state index in [0.29, 0.717) is 12.8 Å². The smallest absolute Gasteiger partial charge is 0.309 e. The van der Waals surface area contributed by atoms with E-state index in [-0.39, 0.29) is 12.3 Å². The molecule has 4 unspecified atom stereocenters. The standard InChI is InChI=1S/C54H102O13/c1-5-7-9-11-13-15-17-19-20-21-22-23-25-26-28-30-32-34-36-41(3)38-42(4)52(62)66-50-47(59)44(40-56)64-54(67-53-49(61)48(60)46(58)43(39-55)63-53)51(50)65-45(57)37-35-33-31-29-27-24-18-16-14-12-10-8-6-2/h41-44,46-51,53-56,58-61H,5-40H2,1-4H3/t41-,42-,43?,44?,46+,47+,48?,49-,50?,51+,53+,54+/m0/s1. The third kappa shape index (κ3) is 26.6. The van der Waals surface area contributed by atoms with Crippen molar-refractivity contribution < 1.29 is 63.9 Å². The van der Waals surface area contributed by atoms with E-state index in [1.54, 1.807) is 6.92 Å². The summed E-state index contributed by atoms with van der Waals surface area (Å²) in [5.41, 5.74) is 0. The van der Waals surface area contributed by atoms with Crippen molar-refractivity contribution in [2.75, 3.05) is 13.2 Å². The average molecular weight is 959 g/mol. The predicted molar refractivity (Wildman–Crippen MR) is 263 cm³/mol. The van der Waals surface area contributed by atoms with Crippen LogP contribution in [0.5, 0.6) is 0 Å². The quantitative estimate of drug-likeness (QED) is 0.0250. The van der Waals surface area contributed by atoms with Crippen LogP contribution in [-0.2, 0) is 33.3 Å². The first kappa shape index (κ1) is 61.7. The Hall–Kier alpha value is -1.42. The van der Waals surface area contributed by atoms with Gasteiger partial charge in [0, 0.05) is 6.42 Å². The van der Waals surface area contributed by atoms with Crippen LogP contribution in [0.2, 0.25) is 0 Å². The zero-order valence-electron chi connectivity index (χ0n) is 42.9. The van der Waals surface area contributed by atoms with E-state index in [0.717, 1.165) is 44.9 Å². The number of carbonyl (C=O) groups excluding carboxylic acids is 2. The summed E-state index contributed by atoms with van der Waals surface area (Å²) in [7, 11) is 0. The van der Waals surface area contributed by atoms with Gasteiger partial charge in [0.25, 0.3) is 0 Å². The first-order valence-electron chi connectivity index (χ1n) is 27.8. The fraction of sp³-hybridized carbons (Fsp3) is 0.963. The lowest BCUT2D eigenvalue weighted by Crippen LogP contribution is -2.65. The van der Waals surface area contributed by atoms with Crippen molar-refractivity contribution >= 4 is 11.9 Å². The molecule has 0 radical (unpaired) electrons. The largest absolute Gasteiger partial charge is 0.455 e. The van der Waals surface area contributed by atoms with E-state index >= 15 is 0 Å². The zero-order chi connectivity index (χ0) is 49.1. The molecule has 6 N–H and O–H groups in total. The number of unbranched alkanes of at least 4 members (excludes halogenated alkanes) is 29. The minimum Gasteiger partial charge on any atom is -0.455 e. The van der Waals surface area contributed by atoms with E-state index in [2.05, 4.69) is 20.8 Å². The highest BCUT2D eigenvalue weighted by Crippen LogP contribution is 2.32. The number of carbonyl (C=O) groups is 2. The van der Waals surface area contributed by atoms with Crippen LogP contribution in [-0.4, -0.2) is 117 Å². The lowest BCUT2D eigenvalue weighted by Gasteiger charge is -2.46. The Bertz CT molecular complexity index is 1190. The van der Waals surface area contributed by atoms with Crippen LogP contribution in [0, 0.1) is 11.8 Å². The molecule has 2 heterocycles. The molecule has 12 atom stereocenters. The molecule has 2 aliphatic rings. The minimum atomic E-state index is -1.81. The summed E-state index contributed by atoms with van der Waals surface area (Å²) in [6.45, 7) is 6.97. The van der Waals surface area contributed by atoms with Gasteiger partial charge in [0.15, 0.2) is 18.5 Å². The van der Waals surface area contributed by atoms with Crippen LogP contribution >= 0.6 is 0 Å². The van der Waals surface area contributed by atoms with Crippen LogP contribution in [0.3, 0.4) is 0 Å². The fourth-order valence-electron chi connectivity index (χ4n) is 9.68. The number of rotatable bonds is 42. The van der Waals surface area contributed by atoms with Gasteiger partial charge in [0.2, 0.25) is 6.29 Å². The van der Waals surface area contributed by atoms with Crippen LogP contribution in [0.4, 0.5) is 0 Å². The van der Waals surface area contributed by atoms with Gasteiger partial charge < -0.3 is 54.3 Å². The molecule has 2 fully saturated rings. The van der Waals surface area contributed by atoms with Crippen LogP contribution in [0.15, 0.2) is 0 Å². The van der Waals surface area contributed by atoms with Gasteiger partial charge in [-0.3, -0.25) is 9.59 Å². The summed E-state index contributed by atoms with van der Waals surface area (Å²) >= 11 is 0. The molecule has 2 aliphatic heterocycles. The van der Waals surface area contributed by atoms with Gasteiger partial charge in [-0.25, -0.2) is 0 Å². The van der Waals surface area contributed by atoms with E-state index in [4.69, 9.17) is 23.7 Å². The van der Waals surface area contributed by atoms with E-state index in [9.17, 15) is 40.2 Å². The Morgan fingerprint density at radius 1 is 0.463 bits per heavy atom. The molecular weight excluding hydrogens is 857 g/mol. The molecule has 0 aromatic carbocycles. The average Bonchev–Trinajstić information content (AvgIpc) is 3.31. The lowest BCUT2D eigenvalue weighted by molar-refractivity contribution is -0.377. The molecule has 67 heavy (non-hydrogen) atoms. The third-order valence-corrected chi connectivity index (χ3v) is 14.1. The molecule has 2 saturated heterocycles. The maximum atomic E-state index is 13.7. The second-order valence-electron chi connectivity index (χ2n) is 20.4. The van der Waals surface area contributed by atoms with Gasteiger partial charge in [-0.1, -0.05) is 227 Å². The number of esters is 2. The van der Waals surface area contributed by atoms with Crippen molar-refractivity contribution in [2.24, 2.45) is 11.8 Å². The van der Waals surface area contributed by atoms with E-state index in [1.165, 1.54) is 154 Å². The number of hydrogen-bond acceptors (Lipinski definition) is 13. The summed E-state index contributed by atoms with van der Waals surface area (Å²) in [5, 5.41) is 62.9. The molecule has 0 amide bonds. The topological polar surface area (TPSA) is 202 Å². The molecule has 13 heteroatoms. The molecule has 396 valence electrons. The Labute approximate surface area is 407 Å². The molecular formula is C54H102O13. The molecule has 0 aromatic heterocycles. The molecule has 0 aromatic rings. The van der Waals surface area contributed by atoms with Crippen molar-refractivity contribution in [3.8, 4) is 0 Å². The molecule has 0 aliphatic carbocycles. The van der Waals surface area contributed by atoms with Gasteiger partial charge in [-0.15, -0.1) is 0 Å². The second kappa shape index (κ2) is 39.2. The monoisotopic (exact) mass is 959 g/mol. The van der Waals surface area contributed by atoms with Gasteiger partial charge in [0.1, 0.15) is 36.6 Å². The molecule has 2 rings (SSSR count). The number of aliphatic hydroxyl groups excluding tert-OH is 6. The van der Waals surface area contributed by atoms with Crippen molar-refractivity contribution in [2.45, 2.75) is 307 Å². The predicted octanol–water partition coefficient (Wildman–Crippen LogP) is 10.3. The van der Waals surface area contributed by atoms with Crippen LogP contribution < -0.4 is 0 Å². The molecule has 13 nitrogen and oxygen atoms in total. The van der Waals surface area contributed by atoms with Crippen LogP contribution in [0.25, 0.3) is 0 Å². The van der Waals surface area contributed by atoms with Gasteiger partial charge in [0.05, 0.1) is 19.1 Å². The van der Waals surface area contributed by atoms with Gasteiger partial charge in [-0.2, -0.15) is 0 Å². The molecule has 0 spiro atoms. The molecule has 0 bridgehead atoms. The highest BCUT2D eigenvalue weighted by Gasteiger charge is 2.53. The van der Waals surface area contributed by atoms with E-state index in [1.807, 2.05) is 0 Å². The van der Waals surface area contributed by atoms with Gasteiger partial charge >= 0.3 is 11.9 Å². The SMILES string of the molecule is CCCCCCCCCCCCCCCCCCCC[C@H](C)C[C@H](C)C(=O)OC1[C@H](O)C(CO)O[C@H](O[C@H]2OC(CO)[C@@H](O)C(O)[C@@H]2O)[C@@H]1OC(=O)CCCCCCCCCCCCCCC.